The van der Waals surface area contributed by atoms with Gasteiger partial charge in [0.25, 0.3) is 10.0 Å². The summed E-state index contributed by atoms with van der Waals surface area (Å²) in [5.74, 6) is 0.129. The molecule has 110 valence electrons. The molecule has 0 aliphatic carbocycles. The lowest BCUT2D eigenvalue weighted by Crippen LogP contribution is -2.16. The van der Waals surface area contributed by atoms with E-state index < -0.39 is 10.0 Å². The van der Waals surface area contributed by atoms with Gasteiger partial charge in [-0.15, -0.1) is 0 Å². The second-order valence-corrected chi connectivity index (χ2v) is 6.88. The number of fused-ring (bicyclic) bond motifs is 1. The van der Waals surface area contributed by atoms with Crippen LogP contribution in [0.3, 0.4) is 0 Å². The van der Waals surface area contributed by atoms with E-state index in [0.717, 1.165) is 30.6 Å². The molecule has 0 spiro atoms. The lowest BCUT2D eigenvalue weighted by Gasteiger charge is -2.19. The van der Waals surface area contributed by atoms with E-state index in [-0.39, 0.29) is 15.7 Å². The van der Waals surface area contributed by atoms with Crippen molar-refractivity contribution in [3.63, 3.8) is 0 Å². The molecule has 0 bridgehead atoms. The fourth-order valence-corrected chi connectivity index (χ4v) is 3.53. The number of rotatable bonds is 3. The number of sulfonamides is 1. The van der Waals surface area contributed by atoms with E-state index in [2.05, 4.69) is 15.0 Å². The summed E-state index contributed by atoms with van der Waals surface area (Å²) in [5, 5.41) is 3.48. The highest BCUT2D eigenvalue weighted by Gasteiger charge is 2.19. The highest BCUT2D eigenvalue weighted by atomic mass is 35.5. The maximum absolute atomic E-state index is 12.4. The molecule has 1 aromatic heterocycles. The number of halogens is 1. The Kier molecular flexibility index (Phi) is 3.73. The monoisotopic (exact) mass is 323 g/mol. The molecule has 1 aliphatic heterocycles. The molecule has 0 atom stereocenters. The average Bonchev–Trinajstić information content (AvgIpc) is 2.49. The molecule has 3 rings (SSSR count). The van der Waals surface area contributed by atoms with Gasteiger partial charge in [0.1, 0.15) is 0 Å². The van der Waals surface area contributed by atoms with Crippen LogP contribution in [-0.4, -0.2) is 19.9 Å². The molecule has 2 heterocycles. The van der Waals surface area contributed by atoms with Gasteiger partial charge in [0, 0.05) is 18.4 Å². The van der Waals surface area contributed by atoms with E-state index >= 15 is 0 Å². The Labute approximate surface area is 128 Å². The minimum atomic E-state index is -3.71. The average molecular weight is 324 g/mol. The molecule has 0 amide bonds. The van der Waals surface area contributed by atoms with Crippen molar-refractivity contribution >= 4 is 33.1 Å². The first kappa shape index (κ1) is 14.2. The van der Waals surface area contributed by atoms with Gasteiger partial charge in [-0.2, -0.15) is 0 Å². The van der Waals surface area contributed by atoms with Gasteiger partial charge in [-0.3, -0.25) is 4.72 Å². The standard InChI is InChI=1S/C14H14ClN3O2S/c15-12-4-2-8-17-14(12)18-21(19,20)11-6-5-10-3-1-7-16-13(10)9-11/h2,4-6,8-9,16H,1,3,7H2,(H,17,18). The molecule has 0 radical (unpaired) electrons. The zero-order valence-corrected chi connectivity index (χ0v) is 12.7. The molecule has 5 nitrogen and oxygen atoms in total. The van der Waals surface area contributed by atoms with Gasteiger partial charge in [0.2, 0.25) is 0 Å². The van der Waals surface area contributed by atoms with Gasteiger partial charge in [-0.25, -0.2) is 13.4 Å². The Bertz CT molecular complexity index is 778. The van der Waals surface area contributed by atoms with Crippen LogP contribution in [0, 0.1) is 0 Å². The summed E-state index contributed by atoms with van der Waals surface area (Å²) in [6.45, 7) is 0.857. The molecule has 2 N–H and O–H groups in total. The lowest BCUT2D eigenvalue weighted by molar-refractivity contribution is 0.601. The van der Waals surface area contributed by atoms with Crippen molar-refractivity contribution in [1.82, 2.24) is 4.98 Å². The fourth-order valence-electron chi connectivity index (χ4n) is 2.25. The Hall–Kier alpha value is -1.79. The van der Waals surface area contributed by atoms with Crippen molar-refractivity contribution in [3.8, 4) is 0 Å². The first-order valence-corrected chi connectivity index (χ1v) is 8.42. The van der Waals surface area contributed by atoms with Gasteiger partial charge in [0.15, 0.2) is 5.82 Å². The number of nitrogens with one attached hydrogen (secondary N) is 2. The molecule has 2 aromatic rings. The summed E-state index contributed by atoms with van der Waals surface area (Å²) in [4.78, 5) is 4.13. The summed E-state index contributed by atoms with van der Waals surface area (Å²) >= 11 is 5.93. The third kappa shape index (κ3) is 2.96. The number of aryl methyl sites for hydroxylation is 1. The van der Waals surface area contributed by atoms with Gasteiger partial charge in [-0.1, -0.05) is 17.7 Å². The normalized spacial score (nSPS) is 14.1. The highest BCUT2D eigenvalue weighted by Crippen LogP contribution is 2.27. The number of pyridine rings is 1. The van der Waals surface area contributed by atoms with E-state index in [1.165, 1.54) is 6.20 Å². The Morgan fingerprint density at radius 2 is 2.14 bits per heavy atom. The maximum Gasteiger partial charge on any atom is 0.263 e. The fraction of sp³-hybridized carbons (Fsp3) is 0.214. The van der Waals surface area contributed by atoms with Crippen LogP contribution < -0.4 is 10.0 Å². The summed E-state index contributed by atoms with van der Waals surface area (Å²) in [7, 11) is -3.71. The molecule has 7 heteroatoms. The van der Waals surface area contributed by atoms with Crippen molar-refractivity contribution in [1.29, 1.82) is 0 Å². The van der Waals surface area contributed by atoms with Crippen LogP contribution in [0.4, 0.5) is 11.5 Å². The molecule has 0 fully saturated rings. The quantitative estimate of drug-likeness (QED) is 0.911. The number of nitrogens with zero attached hydrogens (tertiary/aromatic N) is 1. The van der Waals surface area contributed by atoms with Crippen molar-refractivity contribution in [2.45, 2.75) is 17.7 Å². The van der Waals surface area contributed by atoms with Gasteiger partial charge >= 0.3 is 0 Å². The van der Waals surface area contributed by atoms with E-state index in [1.54, 1.807) is 24.3 Å². The molecular weight excluding hydrogens is 310 g/mol. The highest BCUT2D eigenvalue weighted by molar-refractivity contribution is 7.92. The van der Waals surface area contributed by atoms with Crippen molar-refractivity contribution in [3.05, 3.63) is 47.1 Å². The summed E-state index contributed by atoms with van der Waals surface area (Å²) in [6.07, 6.45) is 3.50. The molecule has 0 saturated carbocycles. The SMILES string of the molecule is O=S(=O)(Nc1ncccc1Cl)c1ccc2c(c1)NCCC2. The molecule has 1 aromatic carbocycles. The van der Waals surface area contributed by atoms with Gasteiger partial charge in [-0.05, 0) is 42.7 Å². The van der Waals surface area contributed by atoms with Crippen LogP contribution in [0.5, 0.6) is 0 Å². The third-order valence-corrected chi connectivity index (χ3v) is 4.96. The number of benzene rings is 1. The largest absolute Gasteiger partial charge is 0.385 e. The Morgan fingerprint density at radius 3 is 2.95 bits per heavy atom. The van der Waals surface area contributed by atoms with Gasteiger partial charge in [0.05, 0.1) is 9.92 Å². The van der Waals surface area contributed by atoms with Crippen LogP contribution >= 0.6 is 11.6 Å². The smallest absolute Gasteiger partial charge is 0.263 e. The molecule has 1 aliphatic rings. The zero-order chi connectivity index (χ0) is 14.9. The molecule has 0 saturated heterocycles. The predicted octanol–water partition coefficient (Wildman–Crippen LogP) is 2.89. The second kappa shape index (κ2) is 5.54. The number of hydrogen-bond donors (Lipinski definition) is 2. The molecule has 0 unspecified atom stereocenters. The minimum Gasteiger partial charge on any atom is -0.385 e. The zero-order valence-electron chi connectivity index (χ0n) is 11.1. The van der Waals surface area contributed by atoms with Gasteiger partial charge < -0.3 is 5.32 Å². The van der Waals surface area contributed by atoms with Crippen molar-refractivity contribution in [2.24, 2.45) is 0 Å². The van der Waals surface area contributed by atoms with E-state index in [4.69, 9.17) is 11.6 Å². The van der Waals surface area contributed by atoms with Crippen molar-refractivity contribution in [2.75, 3.05) is 16.6 Å². The van der Waals surface area contributed by atoms with Crippen molar-refractivity contribution < 1.29 is 8.42 Å². The van der Waals surface area contributed by atoms with Crippen LogP contribution in [-0.2, 0) is 16.4 Å². The number of anilines is 2. The molecule has 21 heavy (non-hydrogen) atoms. The third-order valence-electron chi connectivity index (χ3n) is 3.32. The van der Waals surface area contributed by atoms with E-state index in [1.807, 2.05) is 6.07 Å². The molecular formula is C14H14ClN3O2S. The maximum atomic E-state index is 12.4. The van der Waals surface area contributed by atoms with Crippen LogP contribution in [0.25, 0.3) is 0 Å². The number of hydrogen-bond acceptors (Lipinski definition) is 4. The Morgan fingerprint density at radius 1 is 1.29 bits per heavy atom. The second-order valence-electron chi connectivity index (χ2n) is 4.79. The lowest BCUT2D eigenvalue weighted by atomic mass is 10.0. The first-order valence-electron chi connectivity index (χ1n) is 6.56. The Balaban J connectivity index is 1.93. The minimum absolute atomic E-state index is 0.129. The summed E-state index contributed by atoms with van der Waals surface area (Å²) < 4.78 is 27.2. The number of aromatic nitrogens is 1. The first-order chi connectivity index (χ1) is 10.1. The van der Waals surface area contributed by atoms with E-state index in [0.29, 0.717) is 0 Å². The van der Waals surface area contributed by atoms with Crippen LogP contribution in [0.1, 0.15) is 12.0 Å². The summed E-state index contributed by atoms with van der Waals surface area (Å²) in [6, 6.07) is 8.32. The van der Waals surface area contributed by atoms with E-state index in [9.17, 15) is 8.42 Å². The summed E-state index contributed by atoms with van der Waals surface area (Å²) in [5.41, 5.74) is 2.01. The van der Waals surface area contributed by atoms with Crippen LogP contribution in [0.15, 0.2) is 41.4 Å². The van der Waals surface area contributed by atoms with Crippen LogP contribution in [0.2, 0.25) is 5.02 Å². The predicted molar refractivity (Wildman–Crippen MR) is 83.3 cm³/mol. The topological polar surface area (TPSA) is 71.1 Å².